The maximum absolute atomic E-state index is 13.3. The molecule has 3 aromatic rings. The number of benzene rings is 2. The number of halogens is 9. The molecule has 0 aliphatic rings. The molecule has 0 aliphatic heterocycles. The fourth-order valence-corrected chi connectivity index (χ4v) is 3.92. The monoisotopic (exact) mass is 503 g/mol. The van der Waals surface area contributed by atoms with Crippen molar-refractivity contribution >= 4 is 69.6 Å². The Morgan fingerprint density at radius 1 is 0.643 bits per heavy atom. The number of pyridine rings is 1. The van der Waals surface area contributed by atoms with Gasteiger partial charge in [0.2, 0.25) is 0 Å². The third kappa shape index (κ3) is 4.33. The minimum absolute atomic E-state index is 0.0108. The van der Waals surface area contributed by atoms with Crippen LogP contribution in [0.3, 0.4) is 0 Å². The first kappa shape index (κ1) is 21.8. The van der Waals surface area contributed by atoms with Crippen LogP contribution in [0, 0.1) is 0 Å². The average molecular weight is 506 g/mol. The van der Waals surface area contributed by atoms with Gasteiger partial charge in [0.25, 0.3) is 0 Å². The Morgan fingerprint density at radius 2 is 1.14 bits per heavy atom. The first-order valence-electron chi connectivity index (χ1n) is 7.37. The van der Waals surface area contributed by atoms with Crippen LogP contribution in [0.1, 0.15) is 5.69 Å². The van der Waals surface area contributed by atoms with Crippen molar-refractivity contribution in [1.82, 2.24) is 4.98 Å². The summed E-state index contributed by atoms with van der Waals surface area (Å²) < 4.78 is 39.8. The van der Waals surface area contributed by atoms with Crippen molar-refractivity contribution < 1.29 is 13.2 Å². The zero-order chi connectivity index (χ0) is 20.8. The SMILES string of the molecule is FC(F)(F)c1ccc(-c2cc(Cl)cc(Cl)c2Cl)c(-c2cc(Cl)cc(Cl)c2Cl)n1. The number of hydrogen-bond donors (Lipinski definition) is 0. The summed E-state index contributed by atoms with van der Waals surface area (Å²) in [5.41, 5.74) is -0.634. The lowest BCUT2D eigenvalue weighted by atomic mass is 9.98. The van der Waals surface area contributed by atoms with Gasteiger partial charge in [-0.3, -0.25) is 0 Å². The highest BCUT2D eigenvalue weighted by atomic mass is 35.5. The van der Waals surface area contributed by atoms with Crippen LogP contribution in [-0.4, -0.2) is 4.98 Å². The molecule has 10 heteroatoms. The summed E-state index contributed by atoms with van der Waals surface area (Å²) in [7, 11) is 0. The highest BCUT2D eigenvalue weighted by Gasteiger charge is 2.34. The molecule has 0 bridgehead atoms. The quantitative estimate of drug-likeness (QED) is 0.316. The molecule has 0 saturated heterocycles. The normalized spacial score (nSPS) is 11.8. The summed E-state index contributed by atoms with van der Waals surface area (Å²) in [6.07, 6.45) is -4.68. The van der Waals surface area contributed by atoms with Crippen LogP contribution in [0.5, 0.6) is 0 Å². The molecular formula is C18H6Cl6F3N. The second-order valence-corrected chi connectivity index (χ2v) is 8.03. The van der Waals surface area contributed by atoms with E-state index in [4.69, 9.17) is 69.6 Å². The zero-order valence-corrected chi connectivity index (χ0v) is 17.8. The largest absolute Gasteiger partial charge is 0.433 e. The fourth-order valence-electron chi connectivity index (χ4n) is 2.52. The Morgan fingerprint density at radius 3 is 1.68 bits per heavy atom. The molecule has 3 rings (SSSR count). The lowest BCUT2D eigenvalue weighted by molar-refractivity contribution is -0.141. The van der Waals surface area contributed by atoms with E-state index in [1.807, 2.05) is 0 Å². The summed E-state index contributed by atoms with van der Waals surface area (Å²) in [5.74, 6) is 0. The fraction of sp³-hybridized carbons (Fsp3) is 0.0556. The zero-order valence-electron chi connectivity index (χ0n) is 13.3. The second kappa shape index (κ2) is 8.10. The van der Waals surface area contributed by atoms with E-state index in [-0.39, 0.29) is 52.5 Å². The van der Waals surface area contributed by atoms with E-state index < -0.39 is 11.9 Å². The van der Waals surface area contributed by atoms with Crippen LogP contribution < -0.4 is 0 Å². The van der Waals surface area contributed by atoms with Gasteiger partial charge >= 0.3 is 6.18 Å². The van der Waals surface area contributed by atoms with Crippen LogP contribution in [-0.2, 0) is 6.18 Å². The number of alkyl halides is 3. The average Bonchev–Trinajstić information content (AvgIpc) is 2.60. The van der Waals surface area contributed by atoms with Gasteiger partial charge in [-0.25, -0.2) is 4.98 Å². The Balaban J connectivity index is 2.41. The lowest BCUT2D eigenvalue weighted by Gasteiger charge is -2.16. The lowest BCUT2D eigenvalue weighted by Crippen LogP contribution is -2.09. The molecule has 0 aliphatic carbocycles. The van der Waals surface area contributed by atoms with E-state index >= 15 is 0 Å². The molecule has 28 heavy (non-hydrogen) atoms. The smallest absolute Gasteiger partial charge is 0.243 e. The molecule has 1 nitrogen and oxygen atoms in total. The first-order chi connectivity index (χ1) is 13.0. The van der Waals surface area contributed by atoms with Gasteiger partial charge in [-0.1, -0.05) is 69.6 Å². The van der Waals surface area contributed by atoms with Gasteiger partial charge in [-0.2, -0.15) is 13.2 Å². The van der Waals surface area contributed by atoms with Crippen molar-refractivity contribution in [2.75, 3.05) is 0 Å². The Labute approximate surface area is 187 Å². The summed E-state index contributed by atoms with van der Waals surface area (Å²) in [6.45, 7) is 0. The summed E-state index contributed by atoms with van der Waals surface area (Å²) in [5, 5.41) is 0.687. The van der Waals surface area contributed by atoms with Gasteiger partial charge in [0.05, 0.1) is 25.8 Å². The van der Waals surface area contributed by atoms with E-state index in [2.05, 4.69) is 4.98 Å². The van der Waals surface area contributed by atoms with Crippen molar-refractivity contribution in [2.24, 2.45) is 0 Å². The maximum atomic E-state index is 13.3. The van der Waals surface area contributed by atoms with Crippen LogP contribution in [0.15, 0.2) is 36.4 Å². The van der Waals surface area contributed by atoms with Gasteiger partial charge in [0.1, 0.15) is 5.69 Å². The molecule has 1 aromatic heterocycles. The molecule has 0 radical (unpaired) electrons. The van der Waals surface area contributed by atoms with Gasteiger partial charge in [-0.05, 0) is 36.4 Å². The van der Waals surface area contributed by atoms with Crippen LogP contribution in [0.2, 0.25) is 30.1 Å². The van der Waals surface area contributed by atoms with Crippen molar-refractivity contribution in [2.45, 2.75) is 6.18 Å². The molecule has 0 saturated carbocycles. The third-order valence-electron chi connectivity index (χ3n) is 3.72. The molecule has 146 valence electrons. The maximum Gasteiger partial charge on any atom is 0.433 e. The predicted molar refractivity (Wildman–Crippen MR) is 110 cm³/mol. The molecule has 2 aromatic carbocycles. The van der Waals surface area contributed by atoms with Crippen molar-refractivity contribution in [3.63, 3.8) is 0 Å². The Hall–Kier alpha value is -0.880. The molecular weight excluding hydrogens is 500 g/mol. The van der Waals surface area contributed by atoms with Crippen LogP contribution in [0.25, 0.3) is 22.4 Å². The molecule has 0 fully saturated rings. The van der Waals surface area contributed by atoms with Crippen molar-refractivity contribution in [3.05, 3.63) is 72.2 Å². The molecule has 1 heterocycles. The van der Waals surface area contributed by atoms with Crippen molar-refractivity contribution in [1.29, 1.82) is 0 Å². The molecule has 0 amide bonds. The Bertz CT molecular complexity index is 1080. The molecule has 0 atom stereocenters. The minimum atomic E-state index is -4.68. The molecule has 0 N–H and O–H groups in total. The Kier molecular flexibility index (Phi) is 6.31. The van der Waals surface area contributed by atoms with Gasteiger partial charge in [0, 0.05) is 26.7 Å². The summed E-state index contributed by atoms with van der Waals surface area (Å²) in [6, 6.07) is 7.64. The third-order valence-corrected chi connectivity index (χ3v) is 5.76. The number of nitrogens with zero attached hydrogens (tertiary/aromatic N) is 1. The standard InChI is InChI=1S/C18H6Cl6F3N/c19-7-3-10(15(23)12(21)5-7)9-1-2-14(18(25,26)27)28-17(9)11-4-8(20)6-13(22)16(11)24/h1-6H. The first-order valence-corrected chi connectivity index (χ1v) is 9.64. The number of hydrogen-bond acceptors (Lipinski definition) is 1. The number of rotatable bonds is 2. The van der Waals surface area contributed by atoms with E-state index in [1.165, 1.54) is 30.3 Å². The van der Waals surface area contributed by atoms with Gasteiger partial charge in [-0.15, -0.1) is 0 Å². The van der Waals surface area contributed by atoms with Crippen molar-refractivity contribution in [3.8, 4) is 22.4 Å². The van der Waals surface area contributed by atoms with Gasteiger partial charge in [0.15, 0.2) is 0 Å². The van der Waals surface area contributed by atoms with E-state index in [9.17, 15) is 13.2 Å². The summed E-state index contributed by atoms with van der Waals surface area (Å²) >= 11 is 36.7. The van der Waals surface area contributed by atoms with Gasteiger partial charge < -0.3 is 0 Å². The predicted octanol–water partition coefficient (Wildman–Crippen LogP) is 9.35. The van der Waals surface area contributed by atoms with E-state index in [0.717, 1.165) is 6.07 Å². The van der Waals surface area contributed by atoms with Crippen LogP contribution >= 0.6 is 69.6 Å². The highest BCUT2D eigenvalue weighted by Crippen LogP contribution is 2.44. The molecule has 0 spiro atoms. The molecule has 0 unspecified atom stereocenters. The topological polar surface area (TPSA) is 12.9 Å². The minimum Gasteiger partial charge on any atom is -0.243 e. The summed E-state index contributed by atoms with van der Waals surface area (Å²) in [4.78, 5) is 3.76. The second-order valence-electron chi connectivity index (χ2n) is 5.59. The van der Waals surface area contributed by atoms with E-state index in [0.29, 0.717) is 0 Å². The van der Waals surface area contributed by atoms with Crippen LogP contribution in [0.4, 0.5) is 13.2 Å². The highest BCUT2D eigenvalue weighted by molar-refractivity contribution is 6.46. The number of aromatic nitrogens is 1. The van der Waals surface area contributed by atoms with E-state index in [1.54, 1.807) is 0 Å².